The molecule has 0 bridgehead atoms. The van der Waals surface area contributed by atoms with E-state index in [1.165, 1.54) is 12.1 Å². The summed E-state index contributed by atoms with van der Waals surface area (Å²) in [5.74, 6) is -0.975. The summed E-state index contributed by atoms with van der Waals surface area (Å²) >= 11 is 0. The number of nitrogens with one attached hydrogen (secondary N) is 2. The zero-order valence-corrected chi connectivity index (χ0v) is 15.5. The van der Waals surface area contributed by atoms with Gasteiger partial charge in [-0.2, -0.15) is 13.2 Å². The number of rotatable bonds is 5. The Kier molecular flexibility index (Phi) is 5.98. The van der Waals surface area contributed by atoms with Crippen LogP contribution in [0, 0.1) is 13.8 Å². The van der Waals surface area contributed by atoms with E-state index in [-0.39, 0.29) is 12.3 Å². The van der Waals surface area contributed by atoms with Crippen molar-refractivity contribution in [1.82, 2.24) is 10.3 Å². The molecule has 0 radical (unpaired) electrons. The molecule has 8 heteroatoms. The van der Waals surface area contributed by atoms with E-state index in [1.807, 2.05) is 0 Å². The van der Waals surface area contributed by atoms with Gasteiger partial charge in [0.15, 0.2) is 0 Å². The molecule has 0 fully saturated rings. The molecule has 0 aliphatic rings. The second kappa shape index (κ2) is 7.85. The van der Waals surface area contributed by atoms with E-state index >= 15 is 0 Å². The summed E-state index contributed by atoms with van der Waals surface area (Å²) in [6.45, 7) is 6.87. The van der Waals surface area contributed by atoms with Crippen LogP contribution in [0.3, 0.4) is 0 Å². The summed E-state index contributed by atoms with van der Waals surface area (Å²) in [6.07, 6.45) is -4.41. The number of ether oxygens (including phenoxy) is 1. The van der Waals surface area contributed by atoms with Crippen LogP contribution in [0.4, 0.5) is 13.2 Å². The van der Waals surface area contributed by atoms with Crippen LogP contribution in [0.15, 0.2) is 24.3 Å². The summed E-state index contributed by atoms with van der Waals surface area (Å²) in [4.78, 5) is 27.4. The maximum absolute atomic E-state index is 12.6. The number of esters is 1. The van der Waals surface area contributed by atoms with Gasteiger partial charge in [-0.3, -0.25) is 4.79 Å². The molecule has 2 rings (SSSR count). The molecule has 1 aromatic heterocycles. The second-order valence-corrected chi connectivity index (χ2v) is 6.16. The van der Waals surface area contributed by atoms with Gasteiger partial charge in [-0.1, -0.05) is 12.1 Å². The van der Waals surface area contributed by atoms with E-state index in [9.17, 15) is 22.8 Å². The largest absolute Gasteiger partial charge is 0.462 e. The minimum absolute atomic E-state index is 0.217. The van der Waals surface area contributed by atoms with Gasteiger partial charge in [0.2, 0.25) is 0 Å². The molecule has 27 heavy (non-hydrogen) atoms. The number of alkyl halides is 3. The number of carbonyl (C=O) groups is 2. The van der Waals surface area contributed by atoms with Crippen LogP contribution < -0.4 is 5.32 Å². The Balaban J connectivity index is 2.17. The number of aromatic nitrogens is 1. The SMILES string of the molecule is CCOC(=O)c1c(C)[nH]c(C(=O)NC(C)c2ccc(C(F)(F)F)cc2)c1C. The van der Waals surface area contributed by atoms with E-state index in [1.54, 1.807) is 27.7 Å². The van der Waals surface area contributed by atoms with Gasteiger partial charge in [-0.15, -0.1) is 0 Å². The zero-order valence-electron chi connectivity index (χ0n) is 15.5. The number of aryl methyl sites for hydroxylation is 1. The van der Waals surface area contributed by atoms with Gasteiger partial charge in [-0.25, -0.2) is 4.79 Å². The fourth-order valence-corrected chi connectivity index (χ4v) is 2.80. The van der Waals surface area contributed by atoms with Gasteiger partial charge in [0, 0.05) is 5.69 Å². The van der Waals surface area contributed by atoms with Crippen molar-refractivity contribution >= 4 is 11.9 Å². The lowest BCUT2D eigenvalue weighted by atomic mass is 10.1. The quantitative estimate of drug-likeness (QED) is 0.757. The van der Waals surface area contributed by atoms with Gasteiger partial charge >= 0.3 is 12.1 Å². The number of carbonyl (C=O) groups excluding carboxylic acids is 2. The van der Waals surface area contributed by atoms with E-state index in [2.05, 4.69) is 10.3 Å². The highest BCUT2D eigenvalue weighted by molar-refractivity contribution is 6.00. The lowest BCUT2D eigenvalue weighted by molar-refractivity contribution is -0.137. The topological polar surface area (TPSA) is 71.2 Å². The molecule has 0 saturated carbocycles. The third-order valence-corrected chi connectivity index (χ3v) is 4.23. The minimum atomic E-state index is -4.41. The van der Waals surface area contributed by atoms with E-state index in [4.69, 9.17) is 4.74 Å². The molecule has 1 amide bonds. The smallest absolute Gasteiger partial charge is 0.416 e. The Morgan fingerprint density at radius 3 is 2.30 bits per heavy atom. The molecule has 2 N–H and O–H groups in total. The van der Waals surface area contributed by atoms with Crippen molar-refractivity contribution in [1.29, 1.82) is 0 Å². The molecule has 0 aliphatic heterocycles. The van der Waals surface area contributed by atoms with Crippen molar-refractivity contribution in [3.8, 4) is 0 Å². The number of hydrogen-bond donors (Lipinski definition) is 2. The monoisotopic (exact) mass is 382 g/mol. The molecule has 1 unspecified atom stereocenters. The average Bonchev–Trinajstić information content (AvgIpc) is 2.89. The molecular weight excluding hydrogens is 361 g/mol. The Morgan fingerprint density at radius 1 is 1.19 bits per heavy atom. The highest BCUT2D eigenvalue weighted by atomic mass is 19.4. The molecule has 1 heterocycles. The van der Waals surface area contributed by atoms with Crippen molar-refractivity contribution in [2.45, 2.75) is 39.9 Å². The maximum Gasteiger partial charge on any atom is 0.416 e. The first-order valence-corrected chi connectivity index (χ1v) is 8.40. The molecule has 1 atom stereocenters. The van der Waals surface area contributed by atoms with Crippen LogP contribution in [0.5, 0.6) is 0 Å². The molecule has 0 spiro atoms. The van der Waals surface area contributed by atoms with Crippen molar-refractivity contribution < 1.29 is 27.5 Å². The number of halogens is 3. The highest BCUT2D eigenvalue weighted by Gasteiger charge is 2.30. The second-order valence-electron chi connectivity index (χ2n) is 6.16. The summed E-state index contributed by atoms with van der Waals surface area (Å²) in [5, 5.41) is 2.72. The van der Waals surface area contributed by atoms with Crippen LogP contribution >= 0.6 is 0 Å². The summed E-state index contributed by atoms with van der Waals surface area (Å²) in [5.41, 5.74) is 1.28. The minimum Gasteiger partial charge on any atom is -0.462 e. The summed E-state index contributed by atoms with van der Waals surface area (Å²) in [7, 11) is 0. The summed E-state index contributed by atoms with van der Waals surface area (Å²) in [6, 6.07) is 4.07. The normalized spacial score (nSPS) is 12.6. The van der Waals surface area contributed by atoms with Gasteiger partial charge < -0.3 is 15.0 Å². The third-order valence-electron chi connectivity index (χ3n) is 4.23. The zero-order chi connectivity index (χ0) is 20.4. The molecule has 1 aromatic carbocycles. The number of aromatic amines is 1. The van der Waals surface area contributed by atoms with Gasteiger partial charge in [0.1, 0.15) is 5.69 Å². The number of H-pyrrole nitrogens is 1. The maximum atomic E-state index is 12.6. The Labute approximate surface area is 154 Å². The fraction of sp³-hybridized carbons (Fsp3) is 0.368. The van der Waals surface area contributed by atoms with Crippen LogP contribution in [0.25, 0.3) is 0 Å². The van der Waals surface area contributed by atoms with E-state index in [0.29, 0.717) is 22.4 Å². The first-order chi connectivity index (χ1) is 12.6. The summed E-state index contributed by atoms with van der Waals surface area (Å²) < 4.78 is 42.9. The Morgan fingerprint density at radius 2 is 1.78 bits per heavy atom. The van der Waals surface area contributed by atoms with Crippen LogP contribution in [0.2, 0.25) is 0 Å². The number of hydrogen-bond acceptors (Lipinski definition) is 3. The van der Waals surface area contributed by atoms with Crippen LogP contribution in [-0.2, 0) is 10.9 Å². The molecule has 2 aromatic rings. The van der Waals surface area contributed by atoms with Crippen molar-refractivity contribution in [3.63, 3.8) is 0 Å². The average molecular weight is 382 g/mol. The van der Waals surface area contributed by atoms with E-state index < -0.39 is 29.7 Å². The highest BCUT2D eigenvalue weighted by Crippen LogP contribution is 2.30. The third kappa shape index (κ3) is 4.50. The predicted molar refractivity (Wildman–Crippen MR) is 93.5 cm³/mol. The molecule has 146 valence electrons. The fourth-order valence-electron chi connectivity index (χ4n) is 2.80. The van der Waals surface area contributed by atoms with Crippen molar-refractivity contribution in [3.05, 3.63) is 57.9 Å². The molecule has 5 nitrogen and oxygen atoms in total. The number of amides is 1. The van der Waals surface area contributed by atoms with Gasteiger partial charge in [0.25, 0.3) is 5.91 Å². The molecule has 0 aliphatic carbocycles. The lowest BCUT2D eigenvalue weighted by Gasteiger charge is -2.15. The standard InChI is InChI=1S/C19H21F3N2O3/c1-5-27-18(26)15-10(2)16(23-12(15)4)17(25)24-11(3)13-6-8-14(9-7-13)19(20,21)22/h6-9,11,23H,5H2,1-4H3,(H,24,25). The molecule has 0 saturated heterocycles. The van der Waals surface area contributed by atoms with E-state index in [0.717, 1.165) is 12.1 Å². The molecular formula is C19H21F3N2O3. The first-order valence-electron chi connectivity index (χ1n) is 8.40. The number of benzene rings is 1. The first kappa shape index (κ1) is 20.5. The van der Waals surface area contributed by atoms with Gasteiger partial charge in [0.05, 0.1) is 23.8 Å². The lowest BCUT2D eigenvalue weighted by Crippen LogP contribution is -2.27. The Hall–Kier alpha value is -2.77. The predicted octanol–water partition coefficient (Wildman–Crippen LogP) is 4.32. The van der Waals surface area contributed by atoms with Gasteiger partial charge in [-0.05, 0) is 51.0 Å². The Bertz CT molecular complexity index is 839. The van der Waals surface area contributed by atoms with Crippen LogP contribution in [-0.4, -0.2) is 23.5 Å². The van der Waals surface area contributed by atoms with Crippen LogP contribution in [0.1, 0.15) is 63.1 Å². The van der Waals surface area contributed by atoms with Crippen molar-refractivity contribution in [2.75, 3.05) is 6.61 Å². The van der Waals surface area contributed by atoms with Crippen molar-refractivity contribution in [2.24, 2.45) is 0 Å².